The summed E-state index contributed by atoms with van der Waals surface area (Å²) in [5, 5.41) is 12.5. The molecule has 0 aliphatic carbocycles. The van der Waals surface area contributed by atoms with Gasteiger partial charge in [0, 0.05) is 17.5 Å². The number of carboxylic acids is 1. The van der Waals surface area contributed by atoms with Crippen molar-refractivity contribution in [2.45, 2.75) is 13.0 Å². The second kappa shape index (κ2) is 7.74. The molecule has 0 bridgehead atoms. The Morgan fingerprint density at radius 2 is 1.89 bits per heavy atom. The lowest BCUT2D eigenvalue weighted by Gasteiger charge is -2.15. The molecule has 0 aliphatic rings. The van der Waals surface area contributed by atoms with Gasteiger partial charge in [-0.1, -0.05) is 30.3 Å². The van der Waals surface area contributed by atoms with Gasteiger partial charge in [0.05, 0.1) is 0 Å². The molecule has 0 fully saturated rings. The van der Waals surface area contributed by atoms with E-state index in [0.29, 0.717) is 16.9 Å². The summed E-state index contributed by atoms with van der Waals surface area (Å²) in [6.45, 7) is 1.42. The van der Waals surface area contributed by atoms with E-state index in [0.717, 1.165) is 10.9 Å². The molecule has 0 saturated carbocycles. The lowest BCUT2D eigenvalue weighted by atomic mass is 10.1. The average molecular weight is 367 g/mol. The fourth-order valence-corrected chi connectivity index (χ4v) is 2.68. The van der Waals surface area contributed by atoms with Crippen molar-refractivity contribution in [3.05, 3.63) is 76.1 Å². The number of ether oxygens (including phenoxy) is 1. The third-order valence-electron chi connectivity index (χ3n) is 3.98. The van der Waals surface area contributed by atoms with Gasteiger partial charge in [0.25, 0.3) is 5.91 Å². The normalized spacial score (nSPS) is 11.7. The molecule has 1 atom stereocenters. The molecule has 0 spiro atoms. The third-order valence-corrected chi connectivity index (χ3v) is 3.98. The Kier molecular flexibility index (Phi) is 5.21. The van der Waals surface area contributed by atoms with Crippen LogP contribution < -0.4 is 15.7 Å². The first-order chi connectivity index (χ1) is 12.9. The van der Waals surface area contributed by atoms with E-state index in [2.05, 4.69) is 5.32 Å². The minimum Gasteiger partial charge on any atom is -0.484 e. The molecule has 7 heteroatoms. The largest absolute Gasteiger partial charge is 0.484 e. The molecule has 0 saturated heterocycles. The minimum atomic E-state index is -1.17. The van der Waals surface area contributed by atoms with Crippen molar-refractivity contribution in [3.63, 3.8) is 0 Å². The summed E-state index contributed by atoms with van der Waals surface area (Å²) in [5.41, 5.74) is 1.12. The number of benzene rings is 2. The van der Waals surface area contributed by atoms with E-state index in [-0.39, 0.29) is 6.61 Å². The smallest absolute Gasteiger partial charge is 0.336 e. The van der Waals surface area contributed by atoms with Crippen LogP contribution in [-0.2, 0) is 9.59 Å². The minimum absolute atomic E-state index is 0.331. The molecule has 0 aliphatic heterocycles. The molecule has 2 aromatic carbocycles. The van der Waals surface area contributed by atoms with E-state index in [4.69, 9.17) is 9.15 Å². The Morgan fingerprint density at radius 3 is 2.59 bits per heavy atom. The zero-order valence-corrected chi connectivity index (χ0v) is 14.5. The molecule has 1 amide bonds. The number of carboxylic acid groups (broad SMARTS) is 1. The van der Waals surface area contributed by atoms with Crippen molar-refractivity contribution < 1.29 is 23.8 Å². The van der Waals surface area contributed by atoms with Gasteiger partial charge in [-0.2, -0.15) is 0 Å². The molecule has 1 heterocycles. The highest BCUT2D eigenvalue weighted by Gasteiger charge is 2.22. The summed E-state index contributed by atoms with van der Waals surface area (Å²) in [6.07, 6.45) is 0. The van der Waals surface area contributed by atoms with Crippen molar-refractivity contribution in [2.24, 2.45) is 0 Å². The Hall–Kier alpha value is -3.61. The molecule has 1 unspecified atom stereocenters. The number of fused-ring (bicyclic) bond motifs is 1. The predicted molar refractivity (Wildman–Crippen MR) is 97.7 cm³/mol. The maximum atomic E-state index is 12.1. The van der Waals surface area contributed by atoms with Crippen LogP contribution in [0.2, 0.25) is 0 Å². The summed E-state index contributed by atoms with van der Waals surface area (Å²) in [4.78, 5) is 35.0. The SMILES string of the molecule is Cc1cc(=O)oc2cc(OCC(=O)NC(C(=O)O)c3ccccc3)ccc12. The second-order valence-electron chi connectivity index (χ2n) is 5.94. The molecule has 1 aromatic heterocycles. The average Bonchev–Trinajstić information content (AvgIpc) is 2.64. The molecule has 27 heavy (non-hydrogen) atoms. The topological polar surface area (TPSA) is 106 Å². The highest BCUT2D eigenvalue weighted by Crippen LogP contribution is 2.22. The van der Waals surface area contributed by atoms with Crippen LogP contribution in [0.25, 0.3) is 11.0 Å². The number of carbonyl (C=O) groups is 2. The summed E-state index contributed by atoms with van der Waals surface area (Å²) in [7, 11) is 0. The van der Waals surface area contributed by atoms with Crippen LogP contribution in [0.4, 0.5) is 0 Å². The van der Waals surface area contributed by atoms with Crippen LogP contribution in [0.1, 0.15) is 17.2 Å². The van der Waals surface area contributed by atoms with Gasteiger partial charge >= 0.3 is 11.6 Å². The molecule has 3 rings (SSSR count). The summed E-state index contributed by atoms with van der Waals surface area (Å²) in [6, 6.07) is 13.5. The van der Waals surface area contributed by atoms with E-state index >= 15 is 0 Å². The Morgan fingerprint density at radius 1 is 1.15 bits per heavy atom. The van der Waals surface area contributed by atoms with Gasteiger partial charge in [0.15, 0.2) is 12.6 Å². The van der Waals surface area contributed by atoms with Crippen LogP contribution in [-0.4, -0.2) is 23.6 Å². The number of rotatable bonds is 6. The maximum absolute atomic E-state index is 12.1. The summed E-state index contributed by atoms with van der Waals surface area (Å²) in [5.74, 6) is -1.42. The van der Waals surface area contributed by atoms with Gasteiger partial charge in [0.1, 0.15) is 11.3 Å². The molecule has 0 radical (unpaired) electrons. The predicted octanol–water partition coefficient (Wildman–Crippen LogP) is 2.42. The Labute approximate surface area is 154 Å². The number of nitrogens with one attached hydrogen (secondary N) is 1. The van der Waals surface area contributed by atoms with Gasteiger partial charge < -0.3 is 19.6 Å². The van der Waals surface area contributed by atoms with E-state index < -0.39 is 23.5 Å². The van der Waals surface area contributed by atoms with E-state index in [1.165, 1.54) is 12.1 Å². The molecule has 7 nitrogen and oxygen atoms in total. The van der Waals surface area contributed by atoms with E-state index in [1.807, 2.05) is 0 Å². The molecule has 138 valence electrons. The van der Waals surface area contributed by atoms with E-state index in [1.54, 1.807) is 49.4 Å². The van der Waals surface area contributed by atoms with Crippen molar-refractivity contribution in [1.29, 1.82) is 0 Å². The van der Waals surface area contributed by atoms with Gasteiger partial charge in [0.2, 0.25) is 0 Å². The lowest BCUT2D eigenvalue weighted by Crippen LogP contribution is -2.36. The van der Waals surface area contributed by atoms with Crippen molar-refractivity contribution in [2.75, 3.05) is 6.61 Å². The second-order valence-corrected chi connectivity index (χ2v) is 5.94. The first-order valence-electron chi connectivity index (χ1n) is 8.18. The Bertz CT molecular complexity index is 1040. The number of carbonyl (C=O) groups excluding carboxylic acids is 1. The van der Waals surface area contributed by atoms with Gasteiger partial charge in [-0.05, 0) is 30.2 Å². The summed E-state index contributed by atoms with van der Waals surface area (Å²) < 4.78 is 10.5. The van der Waals surface area contributed by atoms with Crippen molar-refractivity contribution in [1.82, 2.24) is 5.32 Å². The van der Waals surface area contributed by atoms with Gasteiger partial charge in [-0.3, -0.25) is 4.79 Å². The maximum Gasteiger partial charge on any atom is 0.336 e. The number of hydrogen-bond donors (Lipinski definition) is 2. The number of aryl methyl sites for hydroxylation is 1. The van der Waals surface area contributed by atoms with Crippen LogP contribution in [0.5, 0.6) is 5.75 Å². The first kappa shape index (κ1) is 18.2. The number of hydrogen-bond acceptors (Lipinski definition) is 5. The lowest BCUT2D eigenvalue weighted by molar-refractivity contribution is -0.142. The highest BCUT2D eigenvalue weighted by molar-refractivity contribution is 5.85. The fraction of sp³-hybridized carbons (Fsp3) is 0.150. The molecule has 3 aromatic rings. The van der Waals surface area contributed by atoms with Crippen LogP contribution in [0.15, 0.2) is 63.8 Å². The molecular formula is C20H17NO6. The van der Waals surface area contributed by atoms with E-state index in [9.17, 15) is 19.5 Å². The van der Waals surface area contributed by atoms with Gasteiger partial charge in [-0.15, -0.1) is 0 Å². The monoisotopic (exact) mass is 367 g/mol. The zero-order chi connectivity index (χ0) is 19.4. The zero-order valence-electron chi connectivity index (χ0n) is 14.5. The Balaban J connectivity index is 1.69. The first-order valence-corrected chi connectivity index (χ1v) is 8.18. The number of aliphatic carboxylic acids is 1. The standard InChI is InChI=1S/C20H17NO6/c1-12-9-18(23)27-16-10-14(7-8-15(12)16)26-11-17(22)21-19(20(24)25)13-5-3-2-4-6-13/h2-10,19H,11H2,1H3,(H,21,22)(H,24,25). The van der Waals surface area contributed by atoms with Gasteiger partial charge in [-0.25, -0.2) is 9.59 Å². The van der Waals surface area contributed by atoms with Crippen LogP contribution in [0, 0.1) is 6.92 Å². The third kappa shape index (κ3) is 4.33. The quantitative estimate of drug-likeness (QED) is 0.648. The van der Waals surface area contributed by atoms with Crippen molar-refractivity contribution in [3.8, 4) is 5.75 Å². The molecule has 2 N–H and O–H groups in total. The van der Waals surface area contributed by atoms with Crippen molar-refractivity contribution >= 4 is 22.8 Å². The highest BCUT2D eigenvalue weighted by atomic mass is 16.5. The summed E-state index contributed by atoms with van der Waals surface area (Å²) >= 11 is 0. The number of amides is 1. The fourth-order valence-electron chi connectivity index (χ4n) is 2.68. The van der Waals surface area contributed by atoms with Crippen LogP contribution in [0.3, 0.4) is 0 Å². The van der Waals surface area contributed by atoms with Crippen LogP contribution >= 0.6 is 0 Å². The molecular weight excluding hydrogens is 350 g/mol.